The monoisotopic (exact) mass is 248 g/mol. The zero-order valence-corrected chi connectivity index (χ0v) is 11.0. The Kier molecular flexibility index (Phi) is 5.24. The van der Waals surface area contributed by atoms with Gasteiger partial charge in [-0.05, 0) is 18.6 Å². The van der Waals surface area contributed by atoms with Gasteiger partial charge in [0.25, 0.3) is 5.91 Å². The van der Waals surface area contributed by atoms with E-state index in [-0.39, 0.29) is 5.91 Å². The van der Waals surface area contributed by atoms with Crippen molar-refractivity contribution in [2.24, 2.45) is 0 Å². The molecule has 1 rings (SSSR count). The van der Waals surface area contributed by atoms with Gasteiger partial charge in [-0.15, -0.1) is 6.58 Å². The summed E-state index contributed by atoms with van der Waals surface area (Å²) >= 11 is 0. The average Bonchev–Trinajstić information content (AvgIpc) is 2.37. The Labute approximate surface area is 108 Å². The van der Waals surface area contributed by atoms with Crippen LogP contribution in [0.15, 0.2) is 30.9 Å². The number of rotatable bonds is 6. The molecule has 2 N–H and O–H groups in total. The molecule has 0 atom stereocenters. The number of nitrogen functional groups attached to an aromatic ring is 1. The fourth-order valence-electron chi connectivity index (χ4n) is 1.76. The van der Waals surface area contributed by atoms with Gasteiger partial charge in [0, 0.05) is 24.8 Å². The molecule has 0 saturated heterocycles. The van der Waals surface area contributed by atoms with Crippen LogP contribution >= 0.6 is 0 Å². The summed E-state index contributed by atoms with van der Waals surface area (Å²) in [6, 6.07) is 5.06. The van der Waals surface area contributed by atoms with Crippen LogP contribution in [0.5, 0.6) is 5.75 Å². The SMILES string of the molecule is C=CCN(CCC)C(=O)c1ccc(N)cc1OC. The van der Waals surface area contributed by atoms with Crippen molar-refractivity contribution in [3.8, 4) is 5.75 Å². The van der Waals surface area contributed by atoms with Crippen molar-refractivity contribution < 1.29 is 9.53 Å². The second-order valence-electron chi connectivity index (χ2n) is 4.00. The minimum Gasteiger partial charge on any atom is -0.496 e. The largest absolute Gasteiger partial charge is 0.496 e. The molecule has 4 heteroatoms. The first-order chi connectivity index (χ1) is 8.63. The fourth-order valence-corrected chi connectivity index (χ4v) is 1.76. The number of carbonyl (C=O) groups is 1. The second kappa shape index (κ2) is 6.69. The van der Waals surface area contributed by atoms with E-state index in [1.54, 1.807) is 29.2 Å². The van der Waals surface area contributed by atoms with Crippen molar-refractivity contribution in [1.82, 2.24) is 4.90 Å². The summed E-state index contributed by atoms with van der Waals surface area (Å²) in [4.78, 5) is 14.1. The smallest absolute Gasteiger partial charge is 0.257 e. The van der Waals surface area contributed by atoms with Gasteiger partial charge in [-0.2, -0.15) is 0 Å². The lowest BCUT2D eigenvalue weighted by molar-refractivity contribution is 0.0770. The molecule has 0 radical (unpaired) electrons. The van der Waals surface area contributed by atoms with Crippen molar-refractivity contribution in [2.75, 3.05) is 25.9 Å². The number of carbonyl (C=O) groups excluding carboxylic acids is 1. The predicted octanol–water partition coefficient (Wildman–Crippen LogP) is 2.32. The molecule has 0 aliphatic carbocycles. The molecule has 1 amide bonds. The van der Waals surface area contributed by atoms with Crippen LogP contribution in [0.4, 0.5) is 5.69 Å². The highest BCUT2D eigenvalue weighted by Gasteiger charge is 2.18. The van der Waals surface area contributed by atoms with Crippen molar-refractivity contribution >= 4 is 11.6 Å². The predicted molar refractivity (Wildman–Crippen MR) is 73.8 cm³/mol. The van der Waals surface area contributed by atoms with Gasteiger partial charge in [-0.1, -0.05) is 13.0 Å². The molecule has 0 aromatic heterocycles. The number of ether oxygens (including phenoxy) is 1. The molecule has 0 heterocycles. The maximum atomic E-state index is 12.4. The van der Waals surface area contributed by atoms with Gasteiger partial charge in [-0.25, -0.2) is 0 Å². The first kappa shape index (κ1) is 14.1. The van der Waals surface area contributed by atoms with Gasteiger partial charge in [-0.3, -0.25) is 4.79 Å². The van der Waals surface area contributed by atoms with Crippen molar-refractivity contribution in [3.05, 3.63) is 36.4 Å². The molecule has 0 unspecified atom stereocenters. The Morgan fingerprint density at radius 1 is 1.56 bits per heavy atom. The Balaban J connectivity index is 3.03. The molecule has 0 spiro atoms. The van der Waals surface area contributed by atoms with Crippen LogP contribution in [0.3, 0.4) is 0 Å². The van der Waals surface area contributed by atoms with Gasteiger partial charge in [0.05, 0.1) is 12.7 Å². The molecule has 0 aliphatic heterocycles. The lowest BCUT2D eigenvalue weighted by atomic mass is 10.1. The summed E-state index contributed by atoms with van der Waals surface area (Å²) in [5.41, 5.74) is 6.78. The van der Waals surface area contributed by atoms with Crippen LogP contribution in [-0.2, 0) is 0 Å². The summed E-state index contributed by atoms with van der Waals surface area (Å²) in [6.07, 6.45) is 2.62. The lowest BCUT2D eigenvalue weighted by Crippen LogP contribution is -2.32. The van der Waals surface area contributed by atoms with Gasteiger partial charge in [0.2, 0.25) is 0 Å². The summed E-state index contributed by atoms with van der Waals surface area (Å²) < 4.78 is 5.20. The van der Waals surface area contributed by atoms with Crippen LogP contribution in [0.1, 0.15) is 23.7 Å². The maximum absolute atomic E-state index is 12.4. The highest BCUT2D eigenvalue weighted by molar-refractivity contribution is 5.97. The normalized spacial score (nSPS) is 9.89. The Bertz CT molecular complexity index is 430. The minimum atomic E-state index is -0.0615. The molecular formula is C14H20N2O2. The highest BCUT2D eigenvalue weighted by atomic mass is 16.5. The summed E-state index contributed by atoms with van der Waals surface area (Å²) in [5.74, 6) is 0.443. The van der Waals surface area contributed by atoms with E-state index >= 15 is 0 Å². The number of benzene rings is 1. The number of hydrogen-bond acceptors (Lipinski definition) is 3. The fraction of sp³-hybridized carbons (Fsp3) is 0.357. The second-order valence-corrected chi connectivity index (χ2v) is 4.00. The Morgan fingerprint density at radius 2 is 2.28 bits per heavy atom. The van der Waals surface area contributed by atoms with E-state index in [1.807, 2.05) is 6.92 Å². The molecule has 1 aromatic carbocycles. The highest BCUT2D eigenvalue weighted by Crippen LogP contribution is 2.23. The van der Waals surface area contributed by atoms with Crippen LogP contribution in [0.25, 0.3) is 0 Å². The maximum Gasteiger partial charge on any atom is 0.257 e. The van der Waals surface area contributed by atoms with Crippen LogP contribution in [0.2, 0.25) is 0 Å². The third-order valence-electron chi connectivity index (χ3n) is 2.59. The van der Waals surface area contributed by atoms with E-state index in [2.05, 4.69) is 6.58 Å². The van der Waals surface area contributed by atoms with Crippen LogP contribution < -0.4 is 10.5 Å². The first-order valence-corrected chi connectivity index (χ1v) is 5.97. The number of anilines is 1. The van der Waals surface area contributed by atoms with Gasteiger partial charge < -0.3 is 15.4 Å². The number of hydrogen-bond donors (Lipinski definition) is 1. The summed E-state index contributed by atoms with van der Waals surface area (Å²) in [6.45, 7) is 6.92. The van der Waals surface area contributed by atoms with Crippen molar-refractivity contribution in [1.29, 1.82) is 0 Å². The molecule has 98 valence electrons. The van der Waals surface area contributed by atoms with E-state index in [4.69, 9.17) is 10.5 Å². The first-order valence-electron chi connectivity index (χ1n) is 5.97. The molecule has 1 aromatic rings. The number of nitrogens with two attached hydrogens (primary N) is 1. The van der Waals surface area contributed by atoms with Crippen molar-refractivity contribution in [2.45, 2.75) is 13.3 Å². The molecule has 0 fully saturated rings. The molecule has 4 nitrogen and oxygen atoms in total. The molecular weight excluding hydrogens is 228 g/mol. The van der Waals surface area contributed by atoms with E-state index in [9.17, 15) is 4.79 Å². The Hall–Kier alpha value is -1.97. The molecule has 0 aliphatic rings. The quantitative estimate of drug-likeness (QED) is 0.621. The summed E-state index contributed by atoms with van der Waals surface area (Å²) in [7, 11) is 1.53. The van der Waals surface area contributed by atoms with Gasteiger partial charge >= 0.3 is 0 Å². The number of amides is 1. The molecule has 0 bridgehead atoms. The number of methoxy groups -OCH3 is 1. The molecule has 18 heavy (non-hydrogen) atoms. The van der Waals surface area contributed by atoms with E-state index in [0.717, 1.165) is 6.42 Å². The number of nitrogens with zero attached hydrogens (tertiary/aromatic N) is 1. The van der Waals surface area contributed by atoms with E-state index < -0.39 is 0 Å². The Morgan fingerprint density at radius 3 is 2.83 bits per heavy atom. The molecule has 0 saturated carbocycles. The average molecular weight is 248 g/mol. The topological polar surface area (TPSA) is 55.6 Å². The van der Waals surface area contributed by atoms with Crippen LogP contribution in [-0.4, -0.2) is 31.0 Å². The van der Waals surface area contributed by atoms with Crippen molar-refractivity contribution in [3.63, 3.8) is 0 Å². The third-order valence-corrected chi connectivity index (χ3v) is 2.59. The minimum absolute atomic E-state index is 0.0615. The van der Waals surface area contributed by atoms with Gasteiger partial charge in [0.15, 0.2) is 0 Å². The third kappa shape index (κ3) is 3.26. The standard InChI is InChI=1S/C14H20N2O2/c1-4-8-16(9-5-2)14(17)12-7-6-11(15)10-13(12)18-3/h4,6-7,10H,1,5,8-9,15H2,2-3H3. The van der Waals surface area contributed by atoms with E-state index in [1.165, 1.54) is 7.11 Å². The van der Waals surface area contributed by atoms with E-state index in [0.29, 0.717) is 30.1 Å². The zero-order chi connectivity index (χ0) is 13.5. The summed E-state index contributed by atoms with van der Waals surface area (Å²) in [5, 5.41) is 0. The van der Waals surface area contributed by atoms with Gasteiger partial charge in [0.1, 0.15) is 5.75 Å². The zero-order valence-electron chi connectivity index (χ0n) is 11.0. The lowest BCUT2D eigenvalue weighted by Gasteiger charge is -2.21. The van der Waals surface area contributed by atoms with Crippen LogP contribution in [0, 0.1) is 0 Å².